The van der Waals surface area contributed by atoms with Crippen LogP contribution in [0.15, 0.2) is 76.4 Å². The maximum Gasteiger partial charge on any atom is 0.320 e. The van der Waals surface area contributed by atoms with Crippen LogP contribution in [0.5, 0.6) is 0 Å². The highest BCUT2D eigenvalue weighted by Crippen LogP contribution is 2.41. The molecular weight excluding hydrogens is 446 g/mol. The van der Waals surface area contributed by atoms with Crippen molar-refractivity contribution in [1.82, 2.24) is 10.3 Å². The molecule has 8 heteroatoms. The van der Waals surface area contributed by atoms with Gasteiger partial charge in [0.1, 0.15) is 4.83 Å². The molecule has 34 heavy (non-hydrogen) atoms. The summed E-state index contributed by atoms with van der Waals surface area (Å²) in [4.78, 5) is 9.96. The van der Waals surface area contributed by atoms with Crippen LogP contribution in [0, 0.1) is 6.92 Å². The fraction of sp³-hybridized carbons (Fsp3) is 0.154. The maximum absolute atomic E-state index is 13.1. The monoisotopic (exact) mass is 469 g/mol. The zero-order chi connectivity index (χ0) is 23.8. The Hall–Kier alpha value is -4.04. The van der Waals surface area contributed by atoms with Gasteiger partial charge in [0.2, 0.25) is 5.27 Å². The molecule has 0 radical (unpaired) electrons. The zero-order valence-corrected chi connectivity index (χ0v) is 19.8. The number of aliphatic imine (C=N–C) groups is 1. The third kappa shape index (κ3) is 4.04. The molecule has 0 spiro atoms. The zero-order valence-electron chi connectivity index (χ0n) is 19.0. The first kappa shape index (κ1) is 21.8. The van der Waals surface area contributed by atoms with E-state index in [0.717, 1.165) is 33.3 Å². The molecule has 2 N–H and O–H groups in total. The number of pyridine rings is 1. The summed E-state index contributed by atoms with van der Waals surface area (Å²) in [5.74, 6) is -0.351. The summed E-state index contributed by atoms with van der Waals surface area (Å²) < 4.78 is 6.79. The van der Waals surface area contributed by atoms with Crippen molar-refractivity contribution >= 4 is 39.0 Å². The van der Waals surface area contributed by atoms with Crippen molar-refractivity contribution in [3.8, 4) is 22.4 Å². The summed E-state index contributed by atoms with van der Waals surface area (Å²) in [5, 5.41) is 17.7. The van der Waals surface area contributed by atoms with Gasteiger partial charge in [-0.05, 0) is 42.6 Å². The number of hydrogen-bond donors (Lipinski definition) is 1. The van der Waals surface area contributed by atoms with Gasteiger partial charge in [-0.25, -0.2) is 9.98 Å². The van der Waals surface area contributed by atoms with E-state index in [1.165, 1.54) is 11.3 Å². The molecule has 0 aliphatic heterocycles. The Bertz CT molecular complexity index is 1500. The van der Waals surface area contributed by atoms with Crippen LogP contribution in [0.2, 0.25) is 0 Å². The van der Waals surface area contributed by atoms with E-state index in [-0.39, 0.29) is 11.9 Å². The number of anilines is 1. The van der Waals surface area contributed by atoms with E-state index in [2.05, 4.69) is 34.5 Å². The molecule has 7 nitrogen and oxygen atoms in total. The number of aryl methyl sites for hydroxylation is 1. The van der Waals surface area contributed by atoms with Crippen LogP contribution in [-0.4, -0.2) is 16.2 Å². The third-order valence-electron chi connectivity index (χ3n) is 5.54. The van der Waals surface area contributed by atoms with Gasteiger partial charge in [-0.2, -0.15) is 0 Å². The van der Waals surface area contributed by atoms with Crippen molar-refractivity contribution in [1.29, 1.82) is 0 Å². The summed E-state index contributed by atoms with van der Waals surface area (Å²) in [7, 11) is 0. The Morgan fingerprint density at radius 3 is 2.50 bits per heavy atom. The first-order valence-corrected chi connectivity index (χ1v) is 11.7. The normalized spacial score (nSPS) is 12.1. The van der Waals surface area contributed by atoms with Crippen molar-refractivity contribution in [3.05, 3.63) is 77.3 Å². The number of thiophene rings is 1. The van der Waals surface area contributed by atoms with Crippen LogP contribution in [0.25, 0.3) is 32.6 Å². The molecule has 0 saturated carbocycles. The second-order valence-electron chi connectivity index (χ2n) is 8.34. The fourth-order valence-electron chi connectivity index (χ4n) is 3.69. The van der Waals surface area contributed by atoms with Gasteiger partial charge in [0.05, 0.1) is 16.3 Å². The van der Waals surface area contributed by atoms with Crippen molar-refractivity contribution in [2.45, 2.75) is 26.8 Å². The van der Waals surface area contributed by atoms with E-state index >= 15 is 0 Å². The van der Waals surface area contributed by atoms with Crippen molar-refractivity contribution in [2.24, 2.45) is 4.99 Å². The second kappa shape index (κ2) is 8.72. The van der Waals surface area contributed by atoms with E-state index in [4.69, 9.17) is 15.2 Å². The molecular formula is C26H23N5O2S. The second-order valence-corrected chi connectivity index (χ2v) is 9.34. The Labute approximate surface area is 200 Å². The average molecular weight is 470 g/mol. The van der Waals surface area contributed by atoms with Gasteiger partial charge in [-0.15, -0.1) is 11.3 Å². The van der Waals surface area contributed by atoms with Crippen LogP contribution < -0.4 is 15.5 Å². The Morgan fingerprint density at radius 1 is 1.09 bits per heavy atom. The lowest BCUT2D eigenvalue weighted by Crippen LogP contribution is -2.36. The third-order valence-corrected chi connectivity index (χ3v) is 6.62. The SMILES string of the molecule is Cc1ccc(-c2cc(-c3ccccc3)nc3sc(/C([O-])=N/c4c[n+](C(C)C)no4)c(N)c23)cc1. The van der Waals surface area contributed by atoms with E-state index in [9.17, 15) is 5.11 Å². The van der Waals surface area contributed by atoms with Gasteiger partial charge in [-0.1, -0.05) is 60.2 Å². The number of hydrogen-bond acceptors (Lipinski definition) is 7. The van der Waals surface area contributed by atoms with E-state index in [1.54, 1.807) is 10.9 Å². The smallest absolute Gasteiger partial charge is 0.320 e. The number of aromatic nitrogens is 3. The Kier molecular flexibility index (Phi) is 5.59. The summed E-state index contributed by atoms with van der Waals surface area (Å²) in [5.41, 5.74) is 11.8. The molecule has 0 unspecified atom stereocenters. The molecule has 5 rings (SSSR count). The summed E-state index contributed by atoms with van der Waals surface area (Å²) in [6, 6.07) is 20.3. The van der Waals surface area contributed by atoms with E-state index < -0.39 is 5.90 Å². The van der Waals surface area contributed by atoms with Crippen molar-refractivity contribution in [2.75, 3.05) is 5.73 Å². The molecule has 0 aliphatic carbocycles. The van der Waals surface area contributed by atoms with Crippen LogP contribution in [-0.2, 0) is 0 Å². The molecule has 0 aliphatic rings. The van der Waals surface area contributed by atoms with Gasteiger partial charge < -0.3 is 10.8 Å². The minimum Gasteiger partial charge on any atom is -0.857 e. The quantitative estimate of drug-likeness (QED) is 0.226. The van der Waals surface area contributed by atoms with Gasteiger partial charge in [0, 0.05) is 16.8 Å². The van der Waals surface area contributed by atoms with E-state index in [1.807, 2.05) is 57.2 Å². The predicted molar refractivity (Wildman–Crippen MR) is 133 cm³/mol. The fourth-order valence-corrected chi connectivity index (χ4v) is 4.69. The minimum absolute atomic E-state index is 0.0925. The molecule has 3 aromatic heterocycles. The first-order chi connectivity index (χ1) is 16.4. The Balaban J connectivity index is 1.69. The largest absolute Gasteiger partial charge is 0.857 e. The summed E-state index contributed by atoms with van der Waals surface area (Å²) in [6.07, 6.45) is 1.59. The first-order valence-electron chi connectivity index (χ1n) is 10.9. The van der Waals surface area contributed by atoms with Gasteiger partial charge in [0.15, 0.2) is 6.04 Å². The minimum atomic E-state index is -0.483. The van der Waals surface area contributed by atoms with Crippen molar-refractivity contribution in [3.63, 3.8) is 0 Å². The molecule has 0 fully saturated rings. The van der Waals surface area contributed by atoms with E-state index in [0.29, 0.717) is 15.4 Å². The maximum atomic E-state index is 13.1. The van der Waals surface area contributed by atoms with Gasteiger partial charge >= 0.3 is 5.88 Å². The lowest BCUT2D eigenvalue weighted by atomic mass is 9.99. The molecule has 2 aromatic carbocycles. The van der Waals surface area contributed by atoms with Crippen LogP contribution >= 0.6 is 11.3 Å². The highest BCUT2D eigenvalue weighted by atomic mass is 32.1. The topological polar surface area (TPSA) is 104 Å². The van der Waals surface area contributed by atoms with Crippen LogP contribution in [0.1, 0.15) is 30.3 Å². The molecule has 170 valence electrons. The lowest BCUT2D eigenvalue weighted by Gasteiger charge is -2.10. The highest BCUT2D eigenvalue weighted by Gasteiger charge is 2.19. The molecule has 0 saturated heterocycles. The molecule has 0 atom stereocenters. The molecule has 0 amide bonds. The number of benzene rings is 2. The number of nitrogens with two attached hydrogens (primary N) is 1. The van der Waals surface area contributed by atoms with Crippen LogP contribution in [0.3, 0.4) is 0 Å². The number of fused-ring (bicyclic) bond motifs is 1. The van der Waals surface area contributed by atoms with Gasteiger partial charge in [0.25, 0.3) is 6.20 Å². The predicted octanol–water partition coefficient (Wildman–Crippen LogP) is 4.82. The number of rotatable bonds is 5. The Morgan fingerprint density at radius 2 is 1.82 bits per heavy atom. The molecule has 3 heterocycles. The summed E-state index contributed by atoms with van der Waals surface area (Å²) in [6.45, 7) is 5.96. The number of nitrogen functional groups attached to an aromatic ring is 1. The average Bonchev–Trinajstić information content (AvgIpc) is 3.44. The summed E-state index contributed by atoms with van der Waals surface area (Å²) >= 11 is 1.24. The standard InChI is InChI=1S/C26H23N5O2S/c1-15(2)31-14-21(33-30-31)29-25(32)24-23(27)22-19(17-11-9-16(3)10-12-17)13-20(28-26(22)34-24)18-7-5-4-6-8-18/h4-15H,1-3H3,(H2-,27,29,30,32). The number of nitrogens with zero attached hydrogens (tertiary/aromatic N) is 4. The van der Waals surface area contributed by atoms with Crippen molar-refractivity contribution < 1.29 is 14.3 Å². The highest BCUT2D eigenvalue weighted by molar-refractivity contribution is 7.21. The lowest BCUT2D eigenvalue weighted by molar-refractivity contribution is -0.779. The molecule has 5 aromatic rings. The van der Waals surface area contributed by atoms with Gasteiger partial charge in [-0.3, -0.25) is 4.52 Å². The van der Waals surface area contributed by atoms with Crippen LogP contribution in [0.4, 0.5) is 11.6 Å². The molecule has 0 bridgehead atoms.